The number of nitrogens with zero attached hydrogens (tertiary/aromatic N) is 1. The van der Waals surface area contributed by atoms with E-state index in [1.165, 1.54) is 0 Å². The van der Waals surface area contributed by atoms with Crippen LogP contribution in [-0.4, -0.2) is 23.4 Å². The van der Waals surface area contributed by atoms with Crippen LogP contribution in [-0.2, 0) is 4.79 Å². The van der Waals surface area contributed by atoms with Crippen molar-refractivity contribution in [2.75, 3.05) is 6.54 Å². The lowest BCUT2D eigenvalue weighted by Crippen LogP contribution is -2.34. The summed E-state index contributed by atoms with van der Waals surface area (Å²) in [7, 11) is 0. The lowest BCUT2D eigenvalue weighted by Gasteiger charge is -2.13. The second kappa shape index (κ2) is 4.53. The van der Waals surface area contributed by atoms with Gasteiger partial charge in [-0.25, -0.2) is 9.69 Å². The Hall–Kier alpha value is -1.55. The minimum Gasteiger partial charge on any atom is -0.410 e. The molecule has 0 radical (unpaired) electrons. The maximum absolute atomic E-state index is 11.6. The molecule has 0 bridgehead atoms. The fourth-order valence-corrected chi connectivity index (χ4v) is 1.63. The van der Waals surface area contributed by atoms with Gasteiger partial charge in [0, 0.05) is 18.0 Å². The van der Waals surface area contributed by atoms with E-state index in [9.17, 15) is 9.59 Å². The predicted molar refractivity (Wildman–Crippen MR) is 58.4 cm³/mol. The van der Waals surface area contributed by atoms with E-state index in [0.29, 0.717) is 30.2 Å². The summed E-state index contributed by atoms with van der Waals surface area (Å²) in [4.78, 5) is 23.9. The molecule has 1 aliphatic heterocycles. The number of ether oxygens (including phenoxy) is 1. The third-order valence-corrected chi connectivity index (χ3v) is 2.56. The van der Waals surface area contributed by atoms with Gasteiger partial charge in [-0.2, -0.15) is 0 Å². The monoisotopic (exact) mass is 239 g/mol. The Balaban J connectivity index is 2.02. The van der Waals surface area contributed by atoms with Gasteiger partial charge in [0.05, 0.1) is 0 Å². The SMILES string of the molecule is O=C1CCCN1C(=O)Oc1ccc(Cl)cc1. The maximum atomic E-state index is 11.6. The minimum atomic E-state index is -0.621. The molecule has 0 atom stereocenters. The van der Waals surface area contributed by atoms with Gasteiger partial charge in [0.1, 0.15) is 5.75 Å². The van der Waals surface area contributed by atoms with Gasteiger partial charge in [-0.15, -0.1) is 0 Å². The number of hydrogen-bond acceptors (Lipinski definition) is 3. The molecule has 4 nitrogen and oxygen atoms in total. The summed E-state index contributed by atoms with van der Waals surface area (Å²) >= 11 is 5.69. The summed E-state index contributed by atoms with van der Waals surface area (Å²) in [5, 5.41) is 0.567. The molecule has 1 heterocycles. The van der Waals surface area contributed by atoms with Crippen LogP contribution in [0, 0.1) is 0 Å². The maximum Gasteiger partial charge on any atom is 0.421 e. The summed E-state index contributed by atoms with van der Waals surface area (Å²) in [6.07, 6.45) is 0.495. The van der Waals surface area contributed by atoms with Crippen LogP contribution < -0.4 is 4.74 Å². The number of hydrogen-bond donors (Lipinski definition) is 0. The molecule has 1 aromatic carbocycles. The molecule has 0 N–H and O–H groups in total. The molecule has 0 spiro atoms. The van der Waals surface area contributed by atoms with E-state index in [0.717, 1.165) is 4.90 Å². The third kappa shape index (κ3) is 2.33. The molecule has 0 saturated carbocycles. The van der Waals surface area contributed by atoms with Gasteiger partial charge in [-0.05, 0) is 30.7 Å². The number of halogens is 1. The highest BCUT2D eigenvalue weighted by atomic mass is 35.5. The summed E-state index contributed by atoms with van der Waals surface area (Å²) in [6.45, 7) is 0.436. The molecular weight excluding hydrogens is 230 g/mol. The molecule has 1 saturated heterocycles. The Labute approximate surface area is 97.7 Å². The van der Waals surface area contributed by atoms with Crippen LogP contribution in [0.2, 0.25) is 5.02 Å². The lowest BCUT2D eigenvalue weighted by molar-refractivity contribution is -0.125. The zero-order chi connectivity index (χ0) is 11.5. The minimum absolute atomic E-state index is 0.182. The van der Waals surface area contributed by atoms with Gasteiger partial charge >= 0.3 is 6.09 Å². The highest BCUT2D eigenvalue weighted by molar-refractivity contribution is 6.30. The zero-order valence-corrected chi connectivity index (χ0v) is 9.24. The summed E-state index contributed by atoms with van der Waals surface area (Å²) in [6, 6.07) is 6.41. The van der Waals surface area contributed by atoms with Crippen molar-refractivity contribution in [1.82, 2.24) is 4.90 Å². The van der Waals surface area contributed by atoms with Crippen molar-refractivity contribution in [3.63, 3.8) is 0 Å². The van der Waals surface area contributed by atoms with Gasteiger partial charge in [0.15, 0.2) is 0 Å². The van der Waals surface area contributed by atoms with Gasteiger partial charge in [0.2, 0.25) is 5.91 Å². The van der Waals surface area contributed by atoms with E-state index in [-0.39, 0.29) is 5.91 Å². The molecule has 5 heteroatoms. The highest BCUT2D eigenvalue weighted by Crippen LogP contribution is 2.18. The van der Waals surface area contributed by atoms with Crippen molar-refractivity contribution in [3.8, 4) is 5.75 Å². The van der Waals surface area contributed by atoms with E-state index in [1.807, 2.05) is 0 Å². The molecule has 0 unspecified atom stereocenters. The Bertz CT molecular complexity index is 416. The van der Waals surface area contributed by atoms with Gasteiger partial charge in [0.25, 0.3) is 0 Å². The van der Waals surface area contributed by atoms with Crippen LogP contribution in [0.15, 0.2) is 24.3 Å². The number of rotatable bonds is 1. The standard InChI is InChI=1S/C11H10ClNO3/c12-8-3-5-9(6-4-8)16-11(15)13-7-1-2-10(13)14/h3-6H,1-2,7H2. The van der Waals surface area contributed by atoms with Crippen molar-refractivity contribution in [1.29, 1.82) is 0 Å². The second-order valence-corrected chi connectivity index (χ2v) is 3.91. The Morgan fingerprint density at radius 2 is 2.00 bits per heavy atom. The Morgan fingerprint density at radius 1 is 1.31 bits per heavy atom. The zero-order valence-electron chi connectivity index (χ0n) is 8.48. The van der Waals surface area contributed by atoms with Crippen LogP contribution in [0.25, 0.3) is 0 Å². The van der Waals surface area contributed by atoms with Gasteiger partial charge in [-0.3, -0.25) is 4.79 Å². The molecule has 0 aromatic heterocycles. The molecule has 2 rings (SSSR count). The van der Waals surface area contributed by atoms with Crippen molar-refractivity contribution >= 4 is 23.6 Å². The lowest BCUT2D eigenvalue weighted by atomic mass is 10.3. The third-order valence-electron chi connectivity index (χ3n) is 2.31. The normalized spacial score (nSPS) is 15.3. The first-order chi connectivity index (χ1) is 7.66. The van der Waals surface area contributed by atoms with E-state index in [2.05, 4.69) is 0 Å². The Kier molecular flexibility index (Phi) is 3.10. The quantitative estimate of drug-likeness (QED) is 0.756. The van der Waals surface area contributed by atoms with Crippen LogP contribution in [0.1, 0.15) is 12.8 Å². The van der Waals surface area contributed by atoms with Gasteiger partial charge in [-0.1, -0.05) is 11.6 Å². The molecule has 1 aromatic rings. The number of likely N-dealkylation sites (tertiary alicyclic amines) is 1. The Morgan fingerprint density at radius 3 is 2.56 bits per heavy atom. The first-order valence-electron chi connectivity index (χ1n) is 4.94. The topological polar surface area (TPSA) is 46.6 Å². The van der Waals surface area contributed by atoms with Crippen molar-refractivity contribution < 1.29 is 14.3 Å². The number of carbonyl (C=O) groups excluding carboxylic acids is 2. The van der Waals surface area contributed by atoms with Crippen LogP contribution in [0.3, 0.4) is 0 Å². The number of amides is 2. The second-order valence-electron chi connectivity index (χ2n) is 3.47. The van der Waals surface area contributed by atoms with E-state index in [1.54, 1.807) is 24.3 Å². The van der Waals surface area contributed by atoms with E-state index < -0.39 is 6.09 Å². The van der Waals surface area contributed by atoms with E-state index >= 15 is 0 Å². The molecule has 16 heavy (non-hydrogen) atoms. The average Bonchev–Trinajstić information content (AvgIpc) is 2.68. The molecule has 1 fully saturated rings. The number of benzene rings is 1. The fourth-order valence-electron chi connectivity index (χ4n) is 1.50. The predicted octanol–water partition coefficient (Wildman–Crippen LogP) is 2.46. The van der Waals surface area contributed by atoms with Crippen molar-refractivity contribution in [2.45, 2.75) is 12.8 Å². The fraction of sp³-hybridized carbons (Fsp3) is 0.273. The van der Waals surface area contributed by atoms with Crippen molar-refractivity contribution in [3.05, 3.63) is 29.3 Å². The van der Waals surface area contributed by atoms with E-state index in [4.69, 9.17) is 16.3 Å². The first kappa shape index (κ1) is 11.0. The van der Waals surface area contributed by atoms with Gasteiger partial charge < -0.3 is 4.74 Å². The molecular formula is C11H10ClNO3. The van der Waals surface area contributed by atoms with Crippen LogP contribution >= 0.6 is 11.6 Å². The number of carbonyl (C=O) groups is 2. The van der Waals surface area contributed by atoms with Crippen LogP contribution in [0.4, 0.5) is 4.79 Å². The molecule has 1 aliphatic rings. The summed E-state index contributed by atoms with van der Waals surface area (Å²) < 4.78 is 5.03. The molecule has 84 valence electrons. The highest BCUT2D eigenvalue weighted by Gasteiger charge is 2.27. The number of imide groups is 1. The smallest absolute Gasteiger partial charge is 0.410 e. The molecule has 2 amide bonds. The first-order valence-corrected chi connectivity index (χ1v) is 5.32. The van der Waals surface area contributed by atoms with Crippen LogP contribution in [0.5, 0.6) is 5.75 Å². The summed E-state index contributed by atoms with van der Waals surface area (Å²) in [5.74, 6) is 0.202. The average molecular weight is 240 g/mol. The van der Waals surface area contributed by atoms with Crippen molar-refractivity contribution in [2.24, 2.45) is 0 Å². The molecule has 0 aliphatic carbocycles. The largest absolute Gasteiger partial charge is 0.421 e. The summed E-state index contributed by atoms with van der Waals surface area (Å²) in [5.41, 5.74) is 0.